The maximum atomic E-state index is 13.0. The zero-order valence-electron chi connectivity index (χ0n) is 10.2. The number of hydrogen-bond donors (Lipinski definition) is 2. The van der Waals surface area contributed by atoms with Crippen molar-refractivity contribution >= 4 is 5.91 Å². The summed E-state index contributed by atoms with van der Waals surface area (Å²) in [6, 6.07) is 3.98. The first-order valence-corrected chi connectivity index (χ1v) is 5.64. The number of amides is 1. The van der Waals surface area contributed by atoms with Crippen LogP contribution in [0.3, 0.4) is 0 Å². The predicted octanol–water partition coefficient (Wildman–Crippen LogP) is 1.89. The molecule has 0 saturated heterocycles. The van der Waals surface area contributed by atoms with Gasteiger partial charge in [-0.05, 0) is 18.2 Å². The van der Waals surface area contributed by atoms with Crippen molar-refractivity contribution in [3.05, 3.63) is 47.4 Å². The number of benzene rings is 1. The summed E-state index contributed by atoms with van der Waals surface area (Å²) in [7, 11) is 0. The third kappa shape index (κ3) is 2.68. The van der Waals surface area contributed by atoms with Crippen LogP contribution in [-0.2, 0) is 0 Å². The van der Waals surface area contributed by atoms with E-state index in [0.717, 1.165) is 24.3 Å². The number of carbonyl (C=O) groups excluding carboxylic acids is 1. The molecule has 1 aliphatic rings. The largest absolute Gasteiger partial charge is 0.361 e. The summed E-state index contributed by atoms with van der Waals surface area (Å²) >= 11 is 0. The first kappa shape index (κ1) is 15.2. The van der Waals surface area contributed by atoms with Gasteiger partial charge in [0.05, 0.1) is 5.70 Å². The van der Waals surface area contributed by atoms with E-state index in [1.54, 1.807) is 5.43 Å². The van der Waals surface area contributed by atoms with Gasteiger partial charge in [0.25, 0.3) is 18.8 Å². The molecule has 2 rings (SSSR count). The van der Waals surface area contributed by atoms with Crippen LogP contribution in [0.4, 0.5) is 22.0 Å². The second-order valence-corrected chi connectivity index (χ2v) is 4.25. The lowest BCUT2D eigenvalue weighted by molar-refractivity contribution is -0.146. The molecular formula is C12H9F5N2O2. The summed E-state index contributed by atoms with van der Waals surface area (Å²) in [6.45, 7) is 0. The van der Waals surface area contributed by atoms with Crippen molar-refractivity contribution in [1.82, 2.24) is 10.4 Å². The molecule has 1 aromatic rings. The van der Waals surface area contributed by atoms with Crippen LogP contribution in [0.2, 0.25) is 0 Å². The molecule has 1 aromatic carbocycles. The number of carbonyl (C=O) groups is 1. The third-order valence-corrected chi connectivity index (χ3v) is 2.80. The second-order valence-electron chi connectivity index (χ2n) is 4.25. The van der Waals surface area contributed by atoms with Crippen molar-refractivity contribution in [1.29, 1.82) is 0 Å². The Morgan fingerprint density at radius 1 is 1.29 bits per heavy atom. The number of nitrogens with one attached hydrogen (secondary N) is 1. The van der Waals surface area contributed by atoms with Gasteiger partial charge < -0.3 is 5.11 Å². The van der Waals surface area contributed by atoms with Gasteiger partial charge in [-0.1, -0.05) is 6.07 Å². The van der Waals surface area contributed by atoms with Gasteiger partial charge in [0.15, 0.2) is 0 Å². The van der Waals surface area contributed by atoms with Crippen molar-refractivity contribution in [3.63, 3.8) is 0 Å². The van der Waals surface area contributed by atoms with Crippen molar-refractivity contribution in [2.45, 2.75) is 18.6 Å². The Kier molecular flexibility index (Phi) is 3.86. The first-order chi connectivity index (χ1) is 9.75. The standard InChI is InChI=1S/C12H9F5N2O2/c13-7-3-1-2-6(4-7)10(20)19-12(21,11(16)17)5-8(18-19)9(14)15/h1-5,9,11,18,21H. The summed E-state index contributed by atoms with van der Waals surface area (Å²) in [6.07, 6.45) is -6.57. The fourth-order valence-corrected chi connectivity index (χ4v) is 1.78. The molecule has 21 heavy (non-hydrogen) atoms. The summed E-state index contributed by atoms with van der Waals surface area (Å²) in [5.41, 5.74) is -2.94. The molecule has 0 aliphatic carbocycles. The number of hydrogen-bond acceptors (Lipinski definition) is 3. The molecule has 114 valence electrons. The lowest BCUT2D eigenvalue weighted by atomic mass is 10.1. The smallest absolute Gasteiger partial charge is 0.291 e. The van der Waals surface area contributed by atoms with E-state index in [2.05, 4.69) is 0 Å². The molecule has 0 bridgehead atoms. The Balaban J connectivity index is 2.37. The zero-order chi connectivity index (χ0) is 15.8. The summed E-state index contributed by atoms with van der Waals surface area (Å²) in [5.74, 6) is -2.09. The molecule has 0 radical (unpaired) electrons. The molecule has 2 N–H and O–H groups in total. The van der Waals surface area contributed by atoms with Crippen molar-refractivity contribution in [3.8, 4) is 0 Å². The molecule has 1 atom stereocenters. The Labute approximate surface area is 115 Å². The first-order valence-electron chi connectivity index (χ1n) is 5.64. The Morgan fingerprint density at radius 3 is 2.48 bits per heavy atom. The van der Waals surface area contributed by atoms with Gasteiger partial charge in [0, 0.05) is 11.6 Å². The van der Waals surface area contributed by atoms with Gasteiger partial charge in [-0.3, -0.25) is 10.2 Å². The van der Waals surface area contributed by atoms with E-state index >= 15 is 0 Å². The molecule has 9 heteroatoms. The third-order valence-electron chi connectivity index (χ3n) is 2.80. The topological polar surface area (TPSA) is 52.6 Å². The van der Waals surface area contributed by atoms with Gasteiger partial charge in [0.2, 0.25) is 5.72 Å². The van der Waals surface area contributed by atoms with Crippen molar-refractivity contribution < 1.29 is 31.9 Å². The van der Waals surface area contributed by atoms with E-state index in [4.69, 9.17) is 0 Å². The summed E-state index contributed by atoms with van der Waals surface area (Å²) in [4.78, 5) is 12.0. The molecule has 1 aliphatic heterocycles. The van der Waals surface area contributed by atoms with Gasteiger partial charge >= 0.3 is 0 Å². The van der Waals surface area contributed by atoms with Gasteiger partial charge in [0.1, 0.15) is 5.82 Å². The number of halogens is 5. The molecular weight excluding hydrogens is 299 g/mol. The summed E-state index contributed by atoms with van der Waals surface area (Å²) < 4.78 is 64.0. The monoisotopic (exact) mass is 308 g/mol. The Bertz CT molecular complexity index is 593. The molecule has 0 aromatic heterocycles. The van der Waals surface area contributed by atoms with Crippen LogP contribution in [0.15, 0.2) is 36.0 Å². The van der Waals surface area contributed by atoms with Crippen LogP contribution < -0.4 is 5.43 Å². The molecule has 1 unspecified atom stereocenters. The van der Waals surface area contributed by atoms with Gasteiger partial charge in [-0.15, -0.1) is 0 Å². The van der Waals surface area contributed by atoms with Crippen LogP contribution in [0.5, 0.6) is 0 Å². The van der Waals surface area contributed by atoms with E-state index in [9.17, 15) is 31.9 Å². The minimum Gasteiger partial charge on any atom is -0.361 e. The maximum absolute atomic E-state index is 13.0. The molecule has 0 saturated carbocycles. The fraction of sp³-hybridized carbons (Fsp3) is 0.250. The quantitative estimate of drug-likeness (QED) is 0.839. The van der Waals surface area contributed by atoms with E-state index in [0.29, 0.717) is 0 Å². The Morgan fingerprint density at radius 2 is 1.95 bits per heavy atom. The number of nitrogens with zero attached hydrogens (tertiary/aromatic N) is 1. The molecule has 0 spiro atoms. The highest BCUT2D eigenvalue weighted by Crippen LogP contribution is 2.31. The normalized spacial score (nSPS) is 21.7. The van der Waals surface area contributed by atoms with E-state index in [-0.39, 0.29) is 16.6 Å². The highest BCUT2D eigenvalue weighted by molar-refractivity contribution is 5.94. The zero-order valence-corrected chi connectivity index (χ0v) is 10.2. The molecule has 0 fully saturated rings. The highest BCUT2D eigenvalue weighted by atomic mass is 19.3. The van der Waals surface area contributed by atoms with E-state index < -0.39 is 36.0 Å². The number of aliphatic hydroxyl groups is 1. The van der Waals surface area contributed by atoms with Gasteiger partial charge in [-0.25, -0.2) is 27.0 Å². The minimum absolute atomic E-state index is 0.0477. The Hall–Kier alpha value is -2.16. The molecule has 1 amide bonds. The van der Waals surface area contributed by atoms with Crippen LogP contribution in [-0.4, -0.2) is 34.6 Å². The van der Waals surface area contributed by atoms with Crippen molar-refractivity contribution in [2.75, 3.05) is 0 Å². The highest BCUT2D eigenvalue weighted by Gasteiger charge is 2.51. The van der Waals surface area contributed by atoms with Gasteiger partial charge in [-0.2, -0.15) is 0 Å². The van der Waals surface area contributed by atoms with Crippen molar-refractivity contribution in [2.24, 2.45) is 0 Å². The van der Waals surface area contributed by atoms with Crippen LogP contribution in [0, 0.1) is 5.82 Å². The van der Waals surface area contributed by atoms with Crippen LogP contribution in [0.25, 0.3) is 0 Å². The summed E-state index contributed by atoms with van der Waals surface area (Å²) in [5, 5.41) is 9.69. The molecule has 4 nitrogen and oxygen atoms in total. The van der Waals surface area contributed by atoms with E-state index in [1.165, 1.54) is 0 Å². The number of alkyl halides is 4. The predicted molar refractivity (Wildman–Crippen MR) is 60.7 cm³/mol. The number of hydrazine groups is 1. The number of allylic oxidation sites excluding steroid dienone is 1. The molecule has 1 heterocycles. The maximum Gasteiger partial charge on any atom is 0.291 e. The van der Waals surface area contributed by atoms with Crippen LogP contribution >= 0.6 is 0 Å². The lowest BCUT2D eigenvalue weighted by Gasteiger charge is -2.31. The van der Waals surface area contributed by atoms with Crippen LogP contribution in [0.1, 0.15) is 10.4 Å². The SMILES string of the molecule is O=C(c1cccc(F)c1)N1NC(C(F)F)=CC1(O)C(F)F. The van der Waals surface area contributed by atoms with E-state index in [1.807, 2.05) is 0 Å². The fourth-order valence-electron chi connectivity index (χ4n) is 1.78. The second kappa shape index (κ2) is 5.32. The lowest BCUT2D eigenvalue weighted by Crippen LogP contribution is -2.56. The average molecular weight is 308 g/mol. The minimum atomic E-state index is -3.54. The number of rotatable bonds is 3. The average Bonchev–Trinajstić information content (AvgIpc) is 2.77.